The number of nitrogens with one attached hydrogen (secondary N) is 3. The largest absolute Gasteiger partial charge is 0.444 e. The molecule has 0 fully saturated rings. The monoisotopic (exact) mass is 405 g/mol. The van der Waals surface area contributed by atoms with Crippen molar-refractivity contribution in [3.63, 3.8) is 0 Å². The van der Waals surface area contributed by atoms with Crippen LogP contribution in [0.5, 0.6) is 0 Å². The fourth-order valence-corrected chi connectivity index (χ4v) is 2.42. The van der Waals surface area contributed by atoms with Gasteiger partial charge in [0.2, 0.25) is 0 Å². The summed E-state index contributed by atoms with van der Waals surface area (Å²) in [4.78, 5) is 29.8. The molecular weight excluding hydrogens is 370 g/mol. The fraction of sp³-hybridized carbons (Fsp3) is 0.571. The van der Waals surface area contributed by atoms with Crippen LogP contribution in [0.2, 0.25) is 0 Å². The van der Waals surface area contributed by atoms with Crippen LogP contribution in [0, 0.1) is 0 Å². The number of aliphatic imine (C=N–C) groups is 1. The van der Waals surface area contributed by atoms with Gasteiger partial charge in [0.05, 0.1) is 0 Å². The van der Waals surface area contributed by atoms with Gasteiger partial charge in [0, 0.05) is 45.8 Å². The van der Waals surface area contributed by atoms with Gasteiger partial charge in [-0.1, -0.05) is 12.1 Å². The molecule has 162 valence electrons. The van der Waals surface area contributed by atoms with Crippen LogP contribution in [0.3, 0.4) is 0 Å². The van der Waals surface area contributed by atoms with Crippen molar-refractivity contribution in [2.75, 3.05) is 40.3 Å². The van der Waals surface area contributed by atoms with E-state index in [9.17, 15) is 9.59 Å². The molecule has 8 heteroatoms. The predicted octanol–water partition coefficient (Wildman–Crippen LogP) is 2.01. The Labute approximate surface area is 174 Å². The molecule has 2 amide bonds. The van der Waals surface area contributed by atoms with Crippen LogP contribution in [0.15, 0.2) is 29.3 Å². The van der Waals surface area contributed by atoms with Crippen molar-refractivity contribution in [3.05, 3.63) is 35.4 Å². The quantitative estimate of drug-likeness (QED) is 0.349. The topological polar surface area (TPSA) is 95.1 Å². The molecule has 8 nitrogen and oxygen atoms in total. The highest BCUT2D eigenvalue weighted by molar-refractivity contribution is 5.94. The lowest BCUT2D eigenvalue weighted by molar-refractivity contribution is 0.0528. The van der Waals surface area contributed by atoms with Crippen molar-refractivity contribution in [1.82, 2.24) is 20.9 Å². The maximum absolute atomic E-state index is 12.1. The number of hydrogen-bond donors (Lipinski definition) is 3. The van der Waals surface area contributed by atoms with E-state index in [1.165, 1.54) is 0 Å². The summed E-state index contributed by atoms with van der Waals surface area (Å²) >= 11 is 0. The first-order chi connectivity index (χ1) is 13.6. The van der Waals surface area contributed by atoms with E-state index in [2.05, 4.69) is 20.9 Å². The number of ether oxygens (including phenoxy) is 1. The summed E-state index contributed by atoms with van der Waals surface area (Å²) in [6.45, 7) is 9.73. The second-order valence-electron chi connectivity index (χ2n) is 7.77. The summed E-state index contributed by atoms with van der Waals surface area (Å²) < 4.78 is 5.20. The third-order valence-corrected chi connectivity index (χ3v) is 3.68. The number of rotatable bonds is 8. The summed E-state index contributed by atoms with van der Waals surface area (Å²) in [5.41, 5.74) is 1.22. The molecule has 0 aromatic heterocycles. The van der Waals surface area contributed by atoms with Crippen molar-refractivity contribution in [2.45, 2.75) is 39.7 Å². The van der Waals surface area contributed by atoms with Crippen LogP contribution in [0.4, 0.5) is 4.79 Å². The minimum atomic E-state index is -0.512. The highest BCUT2D eigenvalue weighted by Gasteiger charge is 2.15. The third kappa shape index (κ3) is 10.4. The number of alkyl carbamates (subject to hydrolysis) is 1. The normalized spacial score (nSPS) is 11.6. The Morgan fingerprint density at radius 1 is 1.10 bits per heavy atom. The Hall–Kier alpha value is -2.77. The molecule has 0 saturated heterocycles. The van der Waals surface area contributed by atoms with Crippen molar-refractivity contribution < 1.29 is 14.3 Å². The van der Waals surface area contributed by atoms with Crippen molar-refractivity contribution in [3.8, 4) is 0 Å². The lowest BCUT2D eigenvalue weighted by atomic mass is 10.1. The van der Waals surface area contributed by atoms with Gasteiger partial charge in [0.1, 0.15) is 5.60 Å². The standard InChI is InChI=1S/C21H35N5O3/c1-7-22-19(24-13-14-25-20(28)29-21(2,3)4)23-12-11-16-9-8-10-17(15-16)18(27)26(5)6/h8-10,15H,7,11-14H2,1-6H3,(H,25,28)(H2,22,23,24). The van der Waals surface area contributed by atoms with E-state index >= 15 is 0 Å². The fourth-order valence-electron chi connectivity index (χ4n) is 2.42. The summed E-state index contributed by atoms with van der Waals surface area (Å²) in [7, 11) is 3.48. The lowest BCUT2D eigenvalue weighted by Gasteiger charge is -2.19. The molecular formula is C21H35N5O3. The number of benzene rings is 1. The number of guanidine groups is 1. The minimum absolute atomic E-state index is 0.0113. The van der Waals surface area contributed by atoms with E-state index in [-0.39, 0.29) is 5.91 Å². The second kappa shape index (κ2) is 11.9. The summed E-state index contributed by atoms with van der Waals surface area (Å²) in [6.07, 6.45) is 0.287. The molecule has 29 heavy (non-hydrogen) atoms. The zero-order valence-corrected chi connectivity index (χ0v) is 18.5. The van der Waals surface area contributed by atoms with Gasteiger partial charge >= 0.3 is 6.09 Å². The van der Waals surface area contributed by atoms with Crippen LogP contribution < -0.4 is 16.0 Å². The van der Waals surface area contributed by atoms with E-state index in [1.54, 1.807) is 19.0 Å². The van der Waals surface area contributed by atoms with Crippen molar-refractivity contribution in [2.24, 2.45) is 4.99 Å². The maximum atomic E-state index is 12.1. The van der Waals surface area contributed by atoms with Gasteiger partial charge in [-0.05, 0) is 51.8 Å². The van der Waals surface area contributed by atoms with Crippen LogP contribution in [-0.2, 0) is 11.2 Å². The van der Waals surface area contributed by atoms with E-state index < -0.39 is 11.7 Å². The Morgan fingerprint density at radius 3 is 2.41 bits per heavy atom. The third-order valence-electron chi connectivity index (χ3n) is 3.68. The van der Waals surface area contributed by atoms with Gasteiger partial charge in [-0.2, -0.15) is 0 Å². The molecule has 1 rings (SSSR count). The van der Waals surface area contributed by atoms with Crippen molar-refractivity contribution in [1.29, 1.82) is 0 Å². The molecule has 0 heterocycles. The summed E-state index contributed by atoms with van der Waals surface area (Å²) in [6, 6.07) is 7.61. The van der Waals surface area contributed by atoms with Crippen molar-refractivity contribution >= 4 is 18.0 Å². The Balaban J connectivity index is 2.49. The average Bonchev–Trinajstić information content (AvgIpc) is 2.63. The van der Waals surface area contributed by atoms with E-state index in [0.29, 0.717) is 31.2 Å². The van der Waals surface area contributed by atoms with Gasteiger partial charge in [-0.25, -0.2) is 4.79 Å². The molecule has 0 spiro atoms. The number of hydrogen-bond acceptors (Lipinski definition) is 4. The average molecular weight is 406 g/mol. The first kappa shape index (κ1) is 24.3. The second-order valence-corrected chi connectivity index (χ2v) is 7.77. The molecule has 0 atom stereocenters. The number of amides is 2. The highest BCUT2D eigenvalue weighted by atomic mass is 16.6. The molecule has 0 aliphatic rings. The molecule has 0 aliphatic heterocycles. The van der Waals surface area contributed by atoms with Gasteiger partial charge < -0.3 is 25.6 Å². The first-order valence-electron chi connectivity index (χ1n) is 9.92. The Morgan fingerprint density at radius 2 is 1.79 bits per heavy atom. The smallest absolute Gasteiger partial charge is 0.407 e. The van der Waals surface area contributed by atoms with Crippen LogP contribution >= 0.6 is 0 Å². The zero-order chi connectivity index (χ0) is 21.9. The van der Waals surface area contributed by atoms with Gasteiger partial charge in [0.15, 0.2) is 5.96 Å². The zero-order valence-electron chi connectivity index (χ0n) is 18.5. The SMILES string of the molecule is CCNC(=NCCc1cccc(C(=O)N(C)C)c1)NCCNC(=O)OC(C)(C)C. The molecule has 1 aromatic rings. The summed E-state index contributed by atoms with van der Waals surface area (Å²) in [5.74, 6) is 0.668. The molecule has 0 radical (unpaired) electrons. The van der Waals surface area contributed by atoms with Gasteiger partial charge in [-0.15, -0.1) is 0 Å². The lowest BCUT2D eigenvalue weighted by Crippen LogP contribution is -2.42. The van der Waals surface area contributed by atoms with Crippen LogP contribution in [0.25, 0.3) is 0 Å². The minimum Gasteiger partial charge on any atom is -0.444 e. The molecule has 0 bridgehead atoms. The van der Waals surface area contributed by atoms with E-state index in [0.717, 1.165) is 18.5 Å². The Bertz CT molecular complexity index is 696. The molecule has 1 aromatic carbocycles. The van der Waals surface area contributed by atoms with Crippen LogP contribution in [0.1, 0.15) is 43.6 Å². The number of nitrogens with zero attached hydrogens (tertiary/aromatic N) is 2. The van der Waals surface area contributed by atoms with Gasteiger partial charge in [0.25, 0.3) is 5.91 Å². The van der Waals surface area contributed by atoms with Gasteiger partial charge in [-0.3, -0.25) is 9.79 Å². The Kier molecular flexibility index (Phi) is 9.99. The number of carbonyl (C=O) groups excluding carboxylic acids is 2. The molecule has 0 unspecified atom stereocenters. The maximum Gasteiger partial charge on any atom is 0.407 e. The molecule has 3 N–H and O–H groups in total. The molecule has 0 saturated carbocycles. The van der Waals surface area contributed by atoms with Crippen LogP contribution in [-0.4, -0.2) is 68.7 Å². The number of carbonyl (C=O) groups is 2. The summed E-state index contributed by atoms with van der Waals surface area (Å²) in [5, 5.41) is 9.05. The highest BCUT2D eigenvalue weighted by Crippen LogP contribution is 2.08. The first-order valence-corrected chi connectivity index (χ1v) is 9.92. The van der Waals surface area contributed by atoms with E-state index in [4.69, 9.17) is 4.74 Å². The van der Waals surface area contributed by atoms with E-state index in [1.807, 2.05) is 52.0 Å². The molecule has 0 aliphatic carbocycles. The predicted molar refractivity (Wildman–Crippen MR) is 116 cm³/mol.